The number of nitrogens with zero attached hydrogens (tertiary/aromatic N) is 2. The Morgan fingerprint density at radius 1 is 1.09 bits per heavy atom. The molecule has 0 aliphatic carbocycles. The molecule has 3 heterocycles. The molecule has 22 heavy (non-hydrogen) atoms. The number of aromatic nitrogens is 1. The minimum Gasteiger partial charge on any atom is -0.396 e. The molecular weight excluding hydrogens is 328 g/mol. The van der Waals surface area contributed by atoms with Gasteiger partial charge in [-0.05, 0) is 42.1 Å². The molecule has 0 bridgehead atoms. The maximum absolute atomic E-state index is 14.6. The molecular formula is C15H9BCl2F2N2. The summed E-state index contributed by atoms with van der Waals surface area (Å²) in [5.74, 6) is 0. The van der Waals surface area contributed by atoms with Crippen molar-refractivity contribution in [3.63, 3.8) is 0 Å². The van der Waals surface area contributed by atoms with Crippen molar-refractivity contribution < 1.29 is 13.1 Å². The maximum Gasteiger partial charge on any atom is 0.737 e. The third kappa shape index (κ3) is 1.82. The number of hydrogen-bond donors (Lipinski definition) is 0. The van der Waals surface area contributed by atoms with Gasteiger partial charge in [0, 0.05) is 27.9 Å². The summed E-state index contributed by atoms with van der Waals surface area (Å²) in [4.78, 5) is 0. The zero-order valence-electron chi connectivity index (χ0n) is 11.2. The third-order valence-electron chi connectivity index (χ3n) is 3.89. The van der Waals surface area contributed by atoms with E-state index in [9.17, 15) is 8.63 Å². The highest BCUT2D eigenvalue weighted by Crippen LogP contribution is 2.39. The molecule has 7 heteroatoms. The zero-order valence-corrected chi connectivity index (χ0v) is 12.7. The molecule has 2 aromatic rings. The topological polar surface area (TPSA) is 7.94 Å². The Kier molecular flexibility index (Phi) is 2.87. The molecule has 0 atom stereocenters. The van der Waals surface area contributed by atoms with Crippen molar-refractivity contribution in [2.45, 2.75) is 0 Å². The summed E-state index contributed by atoms with van der Waals surface area (Å²) in [6.45, 7) is -3.88. The van der Waals surface area contributed by atoms with Crippen LogP contribution in [0.15, 0.2) is 54.4 Å². The van der Waals surface area contributed by atoms with Crippen LogP contribution in [0.3, 0.4) is 0 Å². The Morgan fingerprint density at radius 3 is 2.55 bits per heavy atom. The summed E-state index contributed by atoms with van der Waals surface area (Å²) in [5.41, 5.74) is 2.31. The van der Waals surface area contributed by atoms with Crippen molar-refractivity contribution in [2.75, 3.05) is 0 Å². The monoisotopic (exact) mass is 336 g/mol. The molecule has 0 spiro atoms. The molecule has 0 radical (unpaired) electrons. The summed E-state index contributed by atoms with van der Waals surface area (Å²) in [6, 6.07) is 8.37. The van der Waals surface area contributed by atoms with Crippen LogP contribution in [0.2, 0.25) is 10.0 Å². The van der Waals surface area contributed by atoms with E-state index in [-0.39, 0.29) is 0 Å². The van der Waals surface area contributed by atoms with Gasteiger partial charge < -0.3 is 17.6 Å². The fourth-order valence-corrected chi connectivity index (χ4v) is 3.54. The van der Waals surface area contributed by atoms with Crippen LogP contribution in [0.5, 0.6) is 0 Å². The summed E-state index contributed by atoms with van der Waals surface area (Å²) in [5, 5.41) is 0.933. The summed E-state index contributed by atoms with van der Waals surface area (Å²) in [7, 11) is 0. The number of allylic oxidation sites excluding steroid dienone is 2. The second-order valence-electron chi connectivity index (χ2n) is 5.22. The van der Waals surface area contributed by atoms with E-state index < -0.39 is 6.97 Å². The minimum absolute atomic E-state index is 0.453. The lowest BCUT2D eigenvalue weighted by Gasteiger charge is -2.30. The molecule has 0 amide bonds. The first-order valence-electron chi connectivity index (χ1n) is 6.69. The molecule has 0 fully saturated rings. The smallest absolute Gasteiger partial charge is 0.396 e. The summed E-state index contributed by atoms with van der Waals surface area (Å²) in [6.07, 6.45) is 6.08. The molecule has 2 nitrogen and oxygen atoms in total. The Balaban J connectivity index is 2.06. The van der Waals surface area contributed by atoms with Crippen molar-refractivity contribution in [3.05, 3.63) is 75.7 Å². The molecule has 1 aromatic heterocycles. The SMILES string of the molecule is F[B-]1(F)n2cccc2C(c2cc(Cl)cc(Cl)c2)=C2C=CC=[N+]21. The van der Waals surface area contributed by atoms with Gasteiger partial charge in [0.1, 0.15) is 6.21 Å². The number of rotatable bonds is 1. The molecule has 0 N–H and O–H groups in total. The van der Waals surface area contributed by atoms with E-state index >= 15 is 0 Å². The first kappa shape index (κ1) is 13.8. The van der Waals surface area contributed by atoms with Crippen LogP contribution in [0, 0.1) is 0 Å². The number of fused-ring (bicyclic) bond motifs is 2. The lowest BCUT2D eigenvalue weighted by molar-refractivity contribution is -0.356. The number of benzene rings is 1. The minimum atomic E-state index is -3.88. The molecule has 2 aliphatic heterocycles. The van der Waals surface area contributed by atoms with Gasteiger partial charge in [0.15, 0.2) is 5.70 Å². The van der Waals surface area contributed by atoms with E-state index in [1.807, 2.05) is 0 Å². The van der Waals surface area contributed by atoms with Gasteiger partial charge in [-0.3, -0.25) is 0 Å². The van der Waals surface area contributed by atoms with Crippen LogP contribution in [-0.2, 0) is 0 Å². The predicted octanol–water partition coefficient (Wildman–Crippen LogP) is 4.44. The number of halogens is 4. The quantitative estimate of drug-likeness (QED) is 0.680. The van der Waals surface area contributed by atoms with Gasteiger partial charge in [0.2, 0.25) is 0 Å². The standard InChI is InChI=1S/C15H9BCl2F2N2/c17-11-7-10(8-12(18)9-11)15-13-3-1-5-21(13)16(19,20)22-6-2-4-14(15)22/h1-9H. The van der Waals surface area contributed by atoms with Gasteiger partial charge in [-0.2, -0.15) is 0 Å². The van der Waals surface area contributed by atoms with Gasteiger partial charge in [-0.1, -0.05) is 23.2 Å². The van der Waals surface area contributed by atoms with E-state index in [1.165, 1.54) is 12.4 Å². The van der Waals surface area contributed by atoms with Crippen LogP contribution in [0.4, 0.5) is 8.63 Å². The van der Waals surface area contributed by atoms with Crippen LogP contribution in [0.1, 0.15) is 11.3 Å². The summed E-state index contributed by atoms with van der Waals surface area (Å²) >= 11 is 12.1. The predicted molar refractivity (Wildman–Crippen MR) is 85.7 cm³/mol. The van der Waals surface area contributed by atoms with E-state index in [0.717, 1.165) is 8.96 Å². The van der Waals surface area contributed by atoms with Crippen molar-refractivity contribution in [1.29, 1.82) is 0 Å². The van der Waals surface area contributed by atoms with Crippen LogP contribution < -0.4 is 0 Å². The lowest BCUT2D eigenvalue weighted by atomic mass is 9.86. The zero-order chi connectivity index (χ0) is 15.5. The fourth-order valence-electron chi connectivity index (χ4n) is 3.01. The average molecular weight is 337 g/mol. The molecule has 0 saturated heterocycles. The van der Waals surface area contributed by atoms with Crippen molar-refractivity contribution in [3.8, 4) is 0 Å². The largest absolute Gasteiger partial charge is 0.737 e. The first-order chi connectivity index (χ1) is 10.5. The van der Waals surface area contributed by atoms with Crippen LogP contribution in [0.25, 0.3) is 5.57 Å². The Morgan fingerprint density at radius 2 is 1.82 bits per heavy atom. The molecule has 110 valence electrons. The summed E-state index contributed by atoms with van der Waals surface area (Å²) < 4.78 is 31.3. The first-order valence-corrected chi connectivity index (χ1v) is 7.44. The van der Waals surface area contributed by atoms with E-state index in [2.05, 4.69) is 0 Å². The second kappa shape index (κ2) is 4.57. The van der Waals surface area contributed by atoms with Gasteiger partial charge in [0.05, 0.1) is 5.57 Å². The maximum atomic E-state index is 14.6. The van der Waals surface area contributed by atoms with E-state index in [0.29, 0.717) is 32.6 Å². The van der Waals surface area contributed by atoms with E-state index in [1.54, 1.807) is 42.5 Å². The third-order valence-corrected chi connectivity index (χ3v) is 4.33. The molecule has 0 saturated carbocycles. The molecule has 0 unspecified atom stereocenters. The molecule has 4 rings (SSSR count). The van der Waals surface area contributed by atoms with Crippen molar-refractivity contribution in [2.24, 2.45) is 0 Å². The highest BCUT2D eigenvalue weighted by atomic mass is 35.5. The molecule has 2 aliphatic rings. The lowest BCUT2D eigenvalue weighted by Crippen LogP contribution is -2.49. The Hall–Kier alpha value is -1.85. The van der Waals surface area contributed by atoms with Crippen molar-refractivity contribution in [1.82, 2.24) is 4.48 Å². The number of hydrogen-bond acceptors (Lipinski definition) is 0. The fraction of sp³-hybridized carbons (Fsp3) is 0. The van der Waals surface area contributed by atoms with E-state index in [4.69, 9.17) is 23.2 Å². The van der Waals surface area contributed by atoms with Gasteiger partial charge in [-0.25, -0.2) is 0 Å². The van der Waals surface area contributed by atoms with Crippen LogP contribution in [-0.4, -0.2) is 22.1 Å². The van der Waals surface area contributed by atoms with Gasteiger partial charge in [-0.15, -0.1) is 0 Å². The van der Waals surface area contributed by atoms with Crippen molar-refractivity contribution >= 4 is 42.0 Å². The average Bonchev–Trinajstić information content (AvgIpc) is 3.06. The van der Waals surface area contributed by atoms with Gasteiger partial charge in [0.25, 0.3) is 0 Å². The van der Waals surface area contributed by atoms with Crippen LogP contribution >= 0.6 is 23.2 Å². The highest BCUT2D eigenvalue weighted by molar-refractivity contribution is 6.57. The Labute approximate surface area is 135 Å². The molecule has 1 aromatic carbocycles. The highest BCUT2D eigenvalue weighted by Gasteiger charge is 2.51. The van der Waals surface area contributed by atoms with Gasteiger partial charge >= 0.3 is 6.97 Å². The second-order valence-corrected chi connectivity index (χ2v) is 6.10. The normalized spacial score (nSPS) is 18.3. The Bertz CT molecular complexity index is 876.